The van der Waals surface area contributed by atoms with E-state index < -0.39 is 15.9 Å². The number of sulfonamides is 1. The first-order valence-corrected chi connectivity index (χ1v) is 13.0. The van der Waals surface area contributed by atoms with Crippen molar-refractivity contribution in [3.8, 4) is 0 Å². The molecule has 0 aromatic heterocycles. The molecule has 1 fully saturated rings. The Morgan fingerprint density at radius 1 is 0.857 bits per heavy atom. The minimum atomic E-state index is -3.65. The van der Waals surface area contributed by atoms with Crippen LogP contribution < -0.4 is 5.32 Å². The Morgan fingerprint density at radius 2 is 1.51 bits per heavy atom. The van der Waals surface area contributed by atoms with Gasteiger partial charge in [0.05, 0.1) is 16.1 Å². The van der Waals surface area contributed by atoms with E-state index >= 15 is 0 Å². The summed E-state index contributed by atoms with van der Waals surface area (Å²) in [7, 11) is -3.65. The largest absolute Gasteiger partial charge is 0.321 e. The lowest BCUT2D eigenvalue weighted by Crippen LogP contribution is -2.41. The smallest absolute Gasteiger partial charge is 0.255 e. The van der Waals surface area contributed by atoms with Gasteiger partial charge in [0.1, 0.15) is 0 Å². The number of benzene rings is 3. The molecule has 1 saturated heterocycles. The van der Waals surface area contributed by atoms with Gasteiger partial charge in [-0.15, -0.1) is 0 Å². The van der Waals surface area contributed by atoms with Crippen LogP contribution in [0.5, 0.6) is 0 Å². The molecular weight excluding hydrogens is 464 g/mol. The quantitative estimate of drug-likeness (QED) is 0.462. The first kappa shape index (κ1) is 23.1. The fraction of sp³-hybridized carbons (Fsp3) is 0.222. The Labute approximate surface area is 203 Å². The van der Waals surface area contributed by atoms with Crippen LogP contribution in [-0.4, -0.2) is 42.8 Å². The molecule has 1 aliphatic heterocycles. The maximum Gasteiger partial charge on any atom is 0.255 e. The number of fused-ring (bicyclic) bond motifs is 2. The summed E-state index contributed by atoms with van der Waals surface area (Å²) in [6.07, 6.45) is 2.67. The van der Waals surface area contributed by atoms with Gasteiger partial charge < -0.3 is 5.32 Å². The third-order valence-corrected chi connectivity index (χ3v) is 8.69. The highest BCUT2D eigenvalue weighted by molar-refractivity contribution is 7.89. The van der Waals surface area contributed by atoms with Crippen LogP contribution in [-0.2, 0) is 10.0 Å². The molecule has 1 aliphatic carbocycles. The van der Waals surface area contributed by atoms with Gasteiger partial charge in [-0.05, 0) is 50.1 Å². The second-order valence-corrected chi connectivity index (χ2v) is 10.8. The summed E-state index contributed by atoms with van der Waals surface area (Å²) in [6.45, 7) is 2.39. The summed E-state index contributed by atoms with van der Waals surface area (Å²) >= 11 is 0. The van der Waals surface area contributed by atoms with E-state index in [-0.39, 0.29) is 44.9 Å². The average Bonchev–Trinajstić information content (AvgIpc) is 2.87. The molecule has 0 spiro atoms. The lowest BCUT2D eigenvalue weighted by Gasteiger charge is -2.32. The van der Waals surface area contributed by atoms with Gasteiger partial charge in [0.2, 0.25) is 10.0 Å². The zero-order valence-corrected chi connectivity index (χ0v) is 20.0. The molecule has 7 nitrogen and oxygen atoms in total. The molecule has 0 bridgehead atoms. The molecular formula is C27H24N2O5S. The third-order valence-electron chi connectivity index (χ3n) is 6.67. The van der Waals surface area contributed by atoms with Gasteiger partial charge in [0.15, 0.2) is 11.6 Å². The fourth-order valence-corrected chi connectivity index (χ4v) is 6.49. The normalized spacial score (nSPS) is 18.0. The molecule has 1 N–H and O–H groups in total. The zero-order chi connectivity index (χ0) is 24.7. The van der Waals surface area contributed by atoms with Crippen molar-refractivity contribution < 1.29 is 22.8 Å². The number of hydrogen-bond acceptors (Lipinski definition) is 5. The van der Waals surface area contributed by atoms with Crippen LogP contribution in [0.2, 0.25) is 0 Å². The molecule has 3 aromatic rings. The second kappa shape index (κ2) is 8.87. The summed E-state index contributed by atoms with van der Waals surface area (Å²) in [5.41, 5.74) is 1.51. The fourth-order valence-electron chi connectivity index (χ4n) is 4.79. The van der Waals surface area contributed by atoms with Crippen LogP contribution >= 0.6 is 0 Å². The standard InChI is InChI=1S/C27H24N2O5S/c1-17-7-4-5-16-29(17)35(33,34)19-14-12-18(13-15-19)27(32)28-23-11-6-10-22-24(23)26(31)21-9-3-2-8-20(21)25(22)30/h2-3,6,8-15,17H,4-5,7,16H2,1H3,(H,28,32)/t17-/m0/s1. The van der Waals surface area contributed by atoms with E-state index in [4.69, 9.17) is 0 Å². The Balaban J connectivity index is 1.41. The first-order chi connectivity index (χ1) is 16.8. The number of nitrogens with one attached hydrogen (secondary N) is 1. The van der Waals surface area contributed by atoms with Crippen molar-refractivity contribution in [1.29, 1.82) is 0 Å². The van der Waals surface area contributed by atoms with Crippen molar-refractivity contribution in [3.63, 3.8) is 0 Å². The Hall–Kier alpha value is -3.62. The molecule has 0 saturated carbocycles. The van der Waals surface area contributed by atoms with E-state index in [0.29, 0.717) is 17.7 Å². The van der Waals surface area contributed by atoms with Crippen LogP contribution in [0.4, 0.5) is 5.69 Å². The van der Waals surface area contributed by atoms with Crippen LogP contribution in [0, 0.1) is 0 Å². The van der Waals surface area contributed by atoms with Gasteiger partial charge in [-0.1, -0.05) is 42.8 Å². The van der Waals surface area contributed by atoms with Crippen LogP contribution in [0.15, 0.2) is 71.6 Å². The number of ketones is 2. The number of anilines is 1. The van der Waals surface area contributed by atoms with E-state index in [0.717, 1.165) is 19.3 Å². The maximum absolute atomic E-state index is 13.1. The van der Waals surface area contributed by atoms with Crippen molar-refractivity contribution in [1.82, 2.24) is 4.31 Å². The van der Waals surface area contributed by atoms with Gasteiger partial charge in [-0.2, -0.15) is 4.31 Å². The van der Waals surface area contributed by atoms with Gasteiger partial charge in [-0.3, -0.25) is 14.4 Å². The molecule has 0 unspecified atom stereocenters. The molecule has 35 heavy (non-hydrogen) atoms. The van der Waals surface area contributed by atoms with Crippen LogP contribution in [0.1, 0.15) is 68.4 Å². The molecule has 1 atom stereocenters. The second-order valence-electron chi connectivity index (χ2n) is 8.87. The summed E-state index contributed by atoms with van der Waals surface area (Å²) in [6, 6.07) is 17.1. The molecule has 1 amide bonds. The van der Waals surface area contributed by atoms with Gasteiger partial charge in [0.25, 0.3) is 5.91 Å². The SMILES string of the molecule is C[C@H]1CCCCN1S(=O)(=O)c1ccc(C(=O)Nc2cccc3c2C(=O)c2ccccc2C3=O)cc1. The summed E-state index contributed by atoms with van der Waals surface area (Å²) in [5, 5.41) is 2.72. The molecule has 1 heterocycles. The van der Waals surface area contributed by atoms with E-state index in [1.54, 1.807) is 42.5 Å². The van der Waals surface area contributed by atoms with Crippen LogP contribution in [0.25, 0.3) is 0 Å². The monoisotopic (exact) mass is 488 g/mol. The first-order valence-electron chi connectivity index (χ1n) is 11.5. The van der Waals surface area contributed by atoms with Gasteiger partial charge in [0, 0.05) is 34.8 Å². The number of hydrogen-bond donors (Lipinski definition) is 1. The maximum atomic E-state index is 13.1. The van der Waals surface area contributed by atoms with E-state index in [9.17, 15) is 22.8 Å². The van der Waals surface area contributed by atoms with Gasteiger partial charge >= 0.3 is 0 Å². The van der Waals surface area contributed by atoms with Crippen molar-refractivity contribution in [3.05, 3.63) is 94.5 Å². The third kappa shape index (κ3) is 3.98. The predicted octanol–water partition coefficient (Wildman–Crippen LogP) is 4.28. The number of piperidine rings is 1. The lowest BCUT2D eigenvalue weighted by atomic mass is 9.83. The number of rotatable bonds is 4. The van der Waals surface area contributed by atoms with Crippen molar-refractivity contribution in [2.24, 2.45) is 0 Å². The summed E-state index contributed by atoms with van der Waals surface area (Å²) < 4.78 is 27.6. The summed E-state index contributed by atoms with van der Waals surface area (Å²) in [4.78, 5) is 39.2. The lowest BCUT2D eigenvalue weighted by molar-refractivity contribution is 0.0978. The average molecular weight is 489 g/mol. The van der Waals surface area contributed by atoms with Crippen molar-refractivity contribution in [2.45, 2.75) is 37.1 Å². The Bertz CT molecular complexity index is 1460. The van der Waals surface area contributed by atoms with E-state index in [1.165, 1.54) is 28.6 Å². The molecule has 8 heteroatoms. The molecule has 3 aromatic carbocycles. The Kier molecular flexibility index (Phi) is 5.86. The van der Waals surface area contributed by atoms with Crippen LogP contribution in [0.3, 0.4) is 0 Å². The molecule has 0 radical (unpaired) electrons. The van der Waals surface area contributed by atoms with E-state index in [1.807, 2.05) is 6.92 Å². The number of amides is 1. The zero-order valence-electron chi connectivity index (χ0n) is 19.2. The van der Waals surface area contributed by atoms with Crippen molar-refractivity contribution >= 4 is 33.2 Å². The molecule has 2 aliphatic rings. The topological polar surface area (TPSA) is 101 Å². The number of carbonyl (C=O) groups is 3. The number of nitrogens with zero attached hydrogens (tertiary/aromatic N) is 1. The number of carbonyl (C=O) groups excluding carboxylic acids is 3. The minimum Gasteiger partial charge on any atom is -0.321 e. The van der Waals surface area contributed by atoms with Gasteiger partial charge in [-0.25, -0.2) is 8.42 Å². The highest BCUT2D eigenvalue weighted by atomic mass is 32.2. The van der Waals surface area contributed by atoms with E-state index in [2.05, 4.69) is 5.32 Å². The minimum absolute atomic E-state index is 0.0636. The summed E-state index contributed by atoms with van der Waals surface area (Å²) in [5.74, 6) is -1.11. The molecule has 5 rings (SSSR count). The Morgan fingerprint density at radius 3 is 2.20 bits per heavy atom. The van der Waals surface area contributed by atoms with Crippen molar-refractivity contribution in [2.75, 3.05) is 11.9 Å². The highest BCUT2D eigenvalue weighted by Gasteiger charge is 2.33. The highest BCUT2D eigenvalue weighted by Crippen LogP contribution is 2.32. The predicted molar refractivity (Wildman–Crippen MR) is 131 cm³/mol. The molecule has 178 valence electrons.